The summed E-state index contributed by atoms with van der Waals surface area (Å²) in [5, 5.41) is 15.9. The summed E-state index contributed by atoms with van der Waals surface area (Å²) >= 11 is 0. The Morgan fingerprint density at radius 2 is 1.83 bits per heavy atom. The number of carboxylic acids is 2. The van der Waals surface area contributed by atoms with Crippen molar-refractivity contribution < 1.29 is 33.0 Å². The largest absolute Gasteiger partial charge is 0.490 e. The molecule has 0 unspecified atom stereocenters. The molecule has 2 heterocycles. The zero-order chi connectivity index (χ0) is 18.3. The number of aryl methyl sites for hydroxylation is 1. The number of rotatable bonds is 3. The number of hydrogen-bond acceptors (Lipinski definition) is 4. The molecule has 2 N–H and O–H groups in total. The quantitative estimate of drug-likeness (QED) is 0.873. The van der Waals surface area contributed by atoms with Gasteiger partial charge in [-0.05, 0) is 43.4 Å². The van der Waals surface area contributed by atoms with Crippen LogP contribution in [0.3, 0.4) is 0 Å². The Balaban J connectivity index is 0.000000351. The number of anilines is 1. The topological polar surface area (TPSA) is 90.7 Å². The van der Waals surface area contributed by atoms with Crippen molar-refractivity contribution in [2.24, 2.45) is 5.92 Å². The third-order valence-electron chi connectivity index (χ3n) is 3.55. The molecule has 1 aromatic rings. The summed E-state index contributed by atoms with van der Waals surface area (Å²) in [5.41, 5.74) is 1.21. The highest BCUT2D eigenvalue weighted by atomic mass is 19.4. The van der Waals surface area contributed by atoms with E-state index in [0.29, 0.717) is 12.3 Å². The Hall–Kier alpha value is -2.32. The Labute approximate surface area is 136 Å². The first-order chi connectivity index (χ1) is 11.1. The molecular formula is C15H19F3N2O4. The number of nitrogens with zero attached hydrogens (tertiary/aromatic N) is 2. The first-order valence-corrected chi connectivity index (χ1v) is 7.29. The van der Waals surface area contributed by atoms with Crippen molar-refractivity contribution in [1.29, 1.82) is 0 Å². The zero-order valence-electron chi connectivity index (χ0n) is 13.1. The Morgan fingerprint density at radius 1 is 1.29 bits per heavy atom. The maximum absolute atomic E-state index is 10.6. The summed E-state index contributed by atoms with van der Waals surface area (Å²) in [6, 6.07) is 4.07. The van der Waals surface area contributed by atoms with E-state index in [1.165, 1.54) is 5.56 Å². The summed E-state index contributed by atoms with van der Waals surface area (Å²) in [4.78, 5) is 26.1. The third-order valence-corrected chi connectivity index (χ3v) is 3.55. The van der Waals surface area contributed by atoms with E-state index in [4.69, 9.17) is 15.0 Å². The fourth-order valence-corrected chi connectivity index (χ4v) is 2.31. The van der Waals surface area contributed by atoms with Gasteiger partial charge in [0.25, 0.3) is 0 Å². The zero-order valence-corrected chi connectivity index (χ0v) is 13.1. The normalized spacial score (nSPS) is 15.4. The summed E-state index contributed by atoms with van der Waals surface area (Å²) < 4.78 is 31.7. The number of aliphatic carboxylic acids is 2. The fraction of sp³-hybridized carbons (Fsp3) is 0.533. The van der Waals surface area contributed by atoms with Gasteiger partial charge >= 0.3 is 18.1 Å². The maximum atomic E-state index is 10.6. The van der Waals surface area contributed by atoms with Gasteiger partial charge in [-0.3, -0.25) is 4.79 Å². The molecule has 9 heteroatoms. The molecule has 0 amide bonds. The van der Waals surface area contributed by atoms with Gasteiger partial charge in [-0.15, -0.1) is 0 Å². The van der Waals surface area contributed by atoms with Crippen LogP contribution in [0.5, 0.6) is 0 Å². The fourth-order valence-electron chi connectivity index (χ4n) is 2.31. The average Bonchev–Trinajstić information content (AvgIpc) is 2.47. The second kappa shape index (κ2) is 8.51. The molecule has 0 aliphatic carbocycles. The van der Waals surface area contributed by atoms with Crippen LogP contribution in [0.2, 0.25) is 0 Å². The lowest BCUT2D eigenvalue weighted by Crippen LogP contribution is -2.34. The highest BCUT2D eigenvalue weighted by Gasteiger charge is 2.38. The van der Waals surface area contributed by atoms with E-state index in [2.05, 4.69) is 22.9 Å². The van der Waals surface area contributed by atoms with E-state index < -0.39 is 18.1 Å². The highest BCUT2D eigenvalue weighted by Crippen LogP contribution is 2.24. The van der Waals surface area contributed by atoms with Gasteiger partial charge in [-0.25, -0.2) is 9.78 Å². The van der Waals surface area contributed by atoms with Crippen molar-refractivity contribution in [2.45, 2.75) is 32.4 Å². The molecule has 1 aromatic heterocycles. The molecule has 134 valence electrons. The molecular weight excluding hydrogens is 329 g/mol. The van der Waals surface area contributed by atoms with Crippen LogP contribution in [0, 0.1) is 12.8 Å². The van der Waals surface area contributed by atoms with Crippen LogP contribution in [0.4, 0.5) is 19.0 Å². The van der Waals surface area contributed by atoms with Crippen LogP contribution in [-0.4, -0.2) is 46.4 Å². The first-order valence-electron chi connectivity index (χ1n) is 7.29. The predicted octanol–water partition coefficient (Wildman–Crippen LogP) is 2.71. The summed E-state index contributed by atoms with van der Waals surface area (Å²) in [5.74, 6) is -2.10. The molecule has 0 radical (unpaired) electrons. The van der Waals surface area contributed by atoms with Crippen LogP contribution in [0.15, 0.2) is 18.3 Å². The minimum atomic E-state index is -5.08. The number of aromatic nitrogens is 1. The second-order valence-electron chi connectivity index (χ2n) is 5.52. The first kappa shape index (κ1) is 19.7. The van der Waals surface area contributed by atoms with Crippen molar-refractivity contribution in [3.8, 4) is 0 Å². The molecule has 0 atom stereocenters. The third kappa shape index (κ3) is 6.84. The molecule has 1 aliphatic rings. The Bertz CT molecular complexity index is 570. The van der Waals surface area contributed by atoms with Gasteiger partial charge in [0.15, 0.2) is 0 Å². The van der Waals surface area contributed by atoms with Crippen LogP contribution < -0.4 is 4.90 Å². The number of alkyl halides is 3. The van der Waals surface area contributed by atoms with Gasteiger partial charge in [0.1, 0.15) is 5.82 Å². The van der Waals surface area contributed by atoms with Gasteiger partial charge in [-0.2, -0.15) is 13.2 Å². The van der Waals surface area contributed by atoms with Crippen LogP contribution in [0.25, 0.3) is 0 Å². The van der Waals surface area contributed by atoms with Crippen molar-refractivity contribution in [1.82, 2.24) is 4.98 Å². The van der Waals surface area contributed by atoms with E-state index in [1.807, 2.05) is 12.3 Å². The molecule has 0 bridgehead atoms. The molecule has 0 aromatic carbocycles. The van der Waals surface area contributed by atoms with E-state index in [9.17, 15) is 18.0 Å². The van der Waals surface area contributed by atoms with Gasteiger partial charge in [-0.1, -0.05) is 0 Å². The maximum Gasteiger partial charge on any atom is 0.490 e. The number of piperidine rings is 1. The van der Waals surface area contributed by atoms with Crippen molar-refractivity contribution in [3.05, 3.63) is 23.9 Å². The van der Waals surface area contributed by atoms with Crippen molar-refractivity contribution >= 4 is 17.8 Å². The number of carboxylic acid groups (broad SMARTS) is 2. The molecule has 24 heavy (non-hydrogen) atoms. The number of hydrogen-bond donors (Lipinski definition) is 2. The average molecular weight is 348 g/mol. The molecule has 2 rings (SSSR count). The standard InChI is InChI=1S/C13H18N2O2.C2HF3O2/c1-10-2-5-14-12(8-10)15-6-3-11(4-7-15)9-13(16)17;3-2(4,5)1(6)7/h2,5,8,11H,3-4,6-7,9H2,1H3,(H,16,17);(H,6,7). The highest BCUT2D eigenvalue weighted by molar-refractivity contribution is 5.73. The van der Waals surface area contributed by atoms with Gasteiger partial charge in [0.2, 0.25) is 0 Å². The van der Waals surface area contributed by atoms with Gasteiger partial charge in [0, 0.05) is 25.7 Å². The van der Waals surface area contributed by atoms with Crippen LogP contribution in [0.1, 0.15) is 24.8 Å². The van der Waals surface area contributed by atoms with Crippen molar-refractivity contribution in [2.75, 3.05) is 18.0 Å². The number of halogens is 3. The summed E-state index contributed by atoms with van der Waals surface area (Å²) in [6.45, 7) is 3.88. The van der Waals surface area contributed by atoms with Crippen LogP contribution in [-0.2, 0) is 9.59 Å². The lowest BCUT2D eigenvalue weighted by Gasteiger charge is -2.32. The molecule has 1 fully saturated rings. The van der Waals surface area contributed by atoms with Gasteiger partial charge in [0.05, 0.1) is 0 Å². The van der Waals surface area contributed by atoms with Crippen molar-refractivity contribution in [3.63, 3.8) is 0 Å². The van der Waals surface area contributed by atoms with E-state index >= 15 is 0 Å². The Kier molecular flexibility index (Phi) is 6.99. The second-order valence-corrected chi connectivity index (χ2v) is 5.52. The molecule has 0 spiro atoms. The number of carbonyl (C=O) groups is 2. The minimum absolute atomic E-state index is 0.301. The van der Waals surface area contributed by atoms with Crippen LogP contribution >= 0.6 is 0 Å². The SMILES string of the molecule is Cc1ccnc(N2CCC(CC(=O)O)CC2)c1.O=C(O)C(F)(F)F. The van der Waals surface area contributed by atoms with E-state index in [0.717, 1.165) is 31.7 Å². The Morgan fingerprint density at radius 3 is 2.25 bits per heavy atom. The molecule has 1 saturated heterocycles. The molecule has 6 nitrogen and oxygen atoms in total. The lowest BCUT2D eigenvalue weighted by atomic mass is 9.93. The smallest absolute Gasteiger partial charge is 0.481 e. The van der Waals surface area contributed by atoms with E-state index in [-0.39, 0.29) is 0 Å². The minimum Gasteiger partial charge on any atom is -0.481 e. The predicted molar refractivity (Wildman–Crippen MR) is 79.9 cm³/mol. The number of pyridine rings is 1. The molecule has 0 saturated carbocycles. The monoisotopic (exact) mass is 348 g/mol. The summed E-state index contributed by atoms with van der Waals surface area (Å²) in [6.07, 6.45) is -1.06. The van der Waals surface area contributed by atoms with Gasteiger partial charge < -0.3 is 15.1 Å². The lowest BCUT2D eigenvalue weighted by molar-refractivity contribution is -0.192. The van der Waals surface area contributed by atoms with E-state index in [1.54, 1.807) is 0 Å². The summed E-state index contributed by atoms with van der Waals surface area (Å²) in [7, 11) is 0. The molecule has 1 aliphatic heterocycles.